The van der Waals surface area contributed by atoms with E-state index in [0.717, 1.165) is 24.8 Å². The average molecular weight is 461 g/mol. The minimum Gasteiger partial charge on any atom is -0.444 e. The van der Waals surface area contributed by atoms with Crippen molar-refractivity contribution in [3.63, 3.8) is 0 Å². The minimum atomic E-state index is -0.675. The standard InChI is InChI=1S/C23H26F2N4O2S/c1-23(2,3)31-22(30)29-12-15-10-28(11-16(15)13-29)20-4-14(8-26-9-20)21(32)27-19-6-17(24)5-18(25)7-19/h4-9,15-16H,10-13H2,1-3H3,(H,27,32)/t15-,16+. The molecule has 4 rings (SSSR count). The fraction of sp³-hybridized carbons (Fsp3) is 0.435. The Morgan fingerprint density at radius 3 is 2.28 bits per heavy atom. The number of halogens is 2. The Hall–Kier alpha value is -2.81. The molecule has 0 radical (unpaired) electrons. The molecule has 1 N–H and O–H groups in total. The third-order valence-electron chi connectivity index (χ3n) is 5.61. The number of nitrogens with zero attached hydrogens (tertiary/aromatic N) is 3. The molecule has 1 amide bonds. The molecule has 2 aliphatic rings. The molecule has 2 fully saturated rings. The number of pyridine rings is 1. The van der Waals surface area contributed by atoms with Crippen molar-refractivity contribution in [2.75, 3.05) is 36.4 Å². The Morgan fingerprint density at radius 1 is 1.06 bits per heavy atom. The summed E-state index contributed by atoms with van der Waals surface area (Å²) in [6.07, 6.45) is 3.14. The van der Waals surface area contributed by atoms with Crippen LogP contribution in [0, 0.1) is 23.5 Å². The molecule has 2 aliphatic heterocycles. The molecule has 2 aromatic rings. The first-order valence-electron chi connectivity index (χ1n) is 10.5. The number of amides is 1. The van der Waals surface area contributed by atoms with Crippen molar-refractivity contribution in [1.82, 2.24) is 9.88 Å². The first-order chi connectivity index (χ1) is 15.1. The van der Waals surface area contributed by atoms with E-state index in [-0.39, 0.29) is 11.8 Å². The van der Waals surface area contributed by atoms with E-state index in [1.54, 1.807) is 17.3 Å². The number of carbonyl (C=O) groups excluding carboxylic acids is 1. The summed E-state index contributed by atoms with van der Waals surface area (Å²) in [5, 5.41) is 2.87. The number of fused-ring (bicyclic) bond motifs is 1. The highest BCUT2D eigenvalue weighted by Crippen LogP contribution is 2.34. The topological polar surface area (TPSA) is 57.7 Å². The molecule has 0 saturated carbocycles. The lowest BCUT2D eigenvalue weighted by atomic mass is 10.0. The number of ether oxygens (including phenoxy) is 1. The summed E-state index contributed by atoms with van der Waals surface area (Å²) < 4.78 is 32.4. The second-order valence-corrected chi connectivity index (χ2v) is 9.76. The van der Waals surface area contributed by atoms with E-state index in [2.05, 4.69) is 15.2 Å². The Balaban J connectivity index is 1.39. The van der Waals surface area contributed by atoms with Crippen molar-refractivity contribution in [2.24, 2.45) is 11.8 Å². The third-order valence-corrected chi connectivity index (χ3v) is 5.95. The summed E-state index contributed by atoms with van der Waals surface area (Å²) in [6, 6.07) is 5.10. The lowest BCUT2D eigenvalue weighted by molar-refractivity contribution is 0.0282. The number of hydrogen-bond donors (Lipinski definition) is 1. The molecule has 0 aliphatic carbocycles. The molecule has 170 valence electrons. The van der Waals surface area contributed by atoms with Crippen LogP contribution in [0.25, 0.3) is 0 Å². The van der Waals surface area contributed by atoms with E-state index >= 15 is 0 Å². The van der Waals surface area contributed by atoms with Crippen molar-refractivity contribution in [3.05, 3.63) is 53.9 Å². The van der Waals surface area contributed by atoms with Crippen molar-refractivity contribution >= 4 is 34.7 Å². The Kier molecular flexibility index (Phi) is 6.03. The normalized spacial score (nSPS) is 20.3. The molecule has 2 saturated heterocycles. The molecular formula is C23H26F2N4O2S. The monoisotopic (exact) mass is 460 g/mol. The molecular weight excluding hydrogens is 434 g/mol. The lowest BCUT2D eigenvalue weighted by Gasteiger charge is -2.26. The van der Waals surface area contributed by atoms with Gasteiger partial charge in [0.15, 0.2) is 0 Å². The smallest absolute Gasteiger partial charge is 0.410 e. The van der Waals surface area contributed by atoms with E-state index in [4.69, 9.17) is 17.0 Å². The minimum absolute atomic E-state index is 0.246. The molecule has 0 unspecified atom stereocenters. The van der Waals surface area contributed by atoms with Gasteiger partial charge in [0.1, 0.15) is 22.2 Å². The summed E-state index contributed by atoms with van der Waals surface area (Å²) in [5.41, 5.74) is 1.33. The highest BCUT2D eigenvalue weighted by molar-refractivity contribution is 7.81. The Labute approximate surface area is 191 Å². The molecule has 6 nitrogen and oxygen atoms in total. The van der Waals surface area contributed by atoms with Gasteiger partial charge < -0.3 is 19.9 Å². The van der Waals surface area contributed by atoms with Crippen LogP contribution in [0.2, 0.25) is 0 Å². The van der Waals surface area contributed by atoms with Gasteiger partial charge in [-0.1, -0.05) is 12.2 Å². The van der Waals surface area contributed by atoms with Gasteiger partial charge in [0.05, 0.1) is 11.9 Å². The molecule has 1 aromatic heterocycles. The number of rotatable bonds is 3. The van der Waals surface area contributed by atoms with Gasteiger partial charge in [-0.15, -0.1) is 0 Å². The van der Waals surface area contributed by atoms with Crippen LogP contribution in [-0.2, 0) is 4.74 Å². The molecule has 0 spiro atoms. The van der Waals surface area contributed by atoms with Crippen molar-refractivity contribution in [3.8, 4) is 0 Å². The number of aromatic nitrogens is 1. The maximum Gasteiger partial charge on any atom is 0.410 e. The molecule has 2 atom stereocenters. The Bertz CT molecular complexity index is 1010. The fourth-order valence-corrected chi connectivity index (χ4v) is 4.46. The predicted molar refractivity (Wildman–Crippen MR) is 123 cm³/mol. The van der Waals surface area contributed by atoms with Crippen LogP contribution < -0.4 is 10.2 Å². The summed E-state index contributed by atoms with van der Waals surface area (Å²) in [7, 11) is 0. The van der Waals surface area contributed by atoms with Crippen LogP contribution >= 0.6 is 12.2 Å². The van der Waals surface area contributed by atoms with Crippen molar-refractivity contribution < 1.29 is 18.3 Å². The van der Waals surface area contributed by atoms with Crippen LogP contribution in [0.5, 0.6) is 0 Å². The number of carbonyl (C=O) groups is 1. The van der Waals surface area contributed by atoms with Gasteiger partial charge in [-0.3, -0.25) is 4.98 Å². The van der Waals surface area contributed by atoms with E-state index in [9.17, 15) is 13.6 Å². The maximum absolute atomic E-state index is 13.4. The first-order valence-corrected chi connectivity index (χ1v) is 10.9. The second kappa shape index (κ2) is 8.61. The maximum atomic E-state index is 13.4. The number of anilines is 2. The molecule has 1 aromatic carbocycles. The molecule has 32 heavy (non-hydrogen) atoms. The highest BCUT2D eigenvalue weighted by atomic mass is 32.1. The SMILES string of the molecule is CC(C)(C)OC(=O)N1C[C@@H]2CN(c3cncc(C(=S)Nc4cc(F)cc(F)c4)c3)C[C@@H]2C1. The van der Waals surface area contributed by atoms with Crippen molar-refractivity contribution in [1.29, 1.82) is 0 Å². The van der Waals surface area contributed by atoms with Gasteiger partial charge in [-0.2, -0.15) is 0 Å². The average Bonchev–Trinajstić information content (AvgIpc) is 3.25. The van der Waals surface area contributed by atoms with Crippen LogP contribution in [0.3, 0.4) is 0 Å². The zero-order chi connectivity index (χ0) is 23.0. The molecule has 3 heterocycles. The van der Waals surface area contributed by atoms with Gasteiger partial charge in [0, 0.05) is 61.5 Å². The van der Waals surface area contributed by atoms with Gasteiger partial charge in [-0.25, -0.2) is 13.6 Å². The van der Waals surface area contributed by atoms with Gasteiger partial charge in [-0.05, 0) is 39.0 Å². The summed E-state index contributed by atoms with van der Waals surface area (Å²) in [5.74, 6) is -0.615. The van der Waals surface area contributed by atoms with Crippen LogP contribution in [-0.4, -0.2) is 52.7 Å². The predicted octanol–water partition coefficient (Wildman–Crippen LogP) is 4.45. The van der Waals surface area contributed by atoms with E-state index in [0.29, 0.717) is 35.5 Å². The van der Waals surface area contributed by atoms with E-state index < -0.39 is 17.2 Å². The zero-order valence-electron chi connectivity index (χ0n) is 18.3. The van der Waals surface area contributed by atoms with Crippen LogP contribution in [0.15, 0.2) is 36.7 Å². The second-order valence-electron chi connectivity index (χ2n) is 9.35. The van der Waals surface area contributed by atoms with E-state index in [1.807, 2.05) is 26.8 Å². The number of hydrogen-bond acceptors (Lipinski definition) is 5. The van der Waals surface area contributed by atoms with Crippen LogP contribution in [0.4, 0.5) is 25.0 Å². The summed E-state index contributed by atoms with van der Waals surface area (Å²) in [4.78, 5) is 21.0. The zero-order valence-corrected chi connectivity index (χ0v) is 19.1. The molecule has 9 heteroatoms. The fourth-order valence-electron chi connectivity index (χ4n) is 4.23. The number of benzene rings is 1. The van der Waals surface area contributed by atoms with E-state index in [1.165, 1.54) is 12.1 Å². The van der Waals surface area contributed by atoms with Gasteiger partial charge >= 0.3 is 6.09 Å². The summed E-state index contributed by atoms with van der Waals surface area (Å²) >= 11 is 5.42. The largest absolute Gasteiger partial charge is 0.444 e. The van der Waals surface area contributed by atoms with Crippen molar-refractivity contribution in [2.45, 2.75) is 26.4 Å². The quantitative estimate of drug-likeness (QED) is 0.683. The lowest BCUT2D eigenvalue weighted by Crippen LogP contribution is -2.37. The number of likely N-dealkylation sites (tertiary alicyclic amines) is 1. The number of nitrogens with one attached hydrogen (secondary N) is 1. The number of thiocarbonyl (C=S) groups is 1. The third kappa shape index (κ3) is 5.15. The van der Waals surface area contributed by atoms with Gasteiger partial charge in [0.2, 0.25) is 0 Å². The highest BCUT2D eigenvalue weighted by Gasteiger charge is 2.42. The van der Waals surface area contributed by atoms with Crippen LogP contribution in [0.1, 0.15) is 26.3 Å². The van der Waals surface area contributed by atoms with Gasteiger partial charge in [0.25, 0.3) is 0 Å². The first kappa shape index (κ1) is 22.4. The molecule has 0 bridgehead atoms. The summed E-state index contributed by atoms with van der Waals surface area (Å²) in [6.45, 7) is 8.58. The Morgan fingerprint density at radius 2 is 1.69 bits per heavy atom.